The number of rotatable bonds is 5. The zero-order valence-corrected chi connectivity index (χ0v) is 18.5. The van der Waals surface area contributed by atoms with Crippen LogP contribution in [0.2, 0.25) is 0 Å². The van der Waals surface area contributed by atoms with E-state index in [4.69, 9.17) is 0 Å². The molecule has 1 atom stereocenters. The highest BCUT2D eigenvalue weighted by Gasteiger charge is 2.24. The molecule has 1 aromatic heterocycles. The number of thiazole rings is 1. The number of nitrogens with one attached hydrogen (secondary N) is 1. The van der Waals surface area contributed by atoms with Crippen LogP contribution in [-0.4, -0.2) is 53.5 Å². The van der Waals surface area contributed by atoms with Crippen molar-refractivity contribution in [3.05, 3.63) is 16.1 Å². The van der Waals surface area contributed by atoms with E-state index in [1.165, 1.54) is 10.8 Å². The number of thioether (sulfide) groups is 1. The molecule has 2 heterocycles. The summed E-state index contributed by atoms with van der Waals surface area (Å²) >= 11 is 3.86. The molecule has 0 saturated carbocycles. The molecule has 0 radical (unpaired) electrons. The smallest absolute Gasteiger partial charge is 0.193 e. The summed E-state index contributed by atoms with van der Waals surface area (Å²) in [7, 11) is 1.89. The summed E-state index contributed by atoms with van der Waals surface area (Å²) in [5, 5.41) is 7.60. The fourth-order valence-corrected chi connectivity index (χ4v) is 4.68. The number of hydrogen-bond acceptors (Lipinski definition) is 4. The molecule has 1 fully saturated rings. The van der Waals surface area contributed by atoms with Crippen LogP contribution in [0.5, 0.6) is 0 Å². The number of aromatic nitrogens is 1. The summed E-state index contributed by atoms with van der Waals surface area (Å²) in [5.74, 6) is 2.97. The molecule has 4 nitrogen and oxygen atoms in total. The molecule has 0 aliphatic carbocycles. The molecule has 7 heteroatoms. The fourth-order valence-electron chi connectivity index (χ4n) is 2.56. The van der Waals surface area contributed by atoms with E-state index in [0.717, 1.165) is 50.0 Å². The Bertz CT molecular complexity index is 490. The molecule has 0 amide bonds. The first-order chi connectivity index (χ1) is 10.6. The van der Waals surface area contributed by atoms with Crippen LogP contribution in [0.25, 0.3) is 0 Å². The van der Waals surface area contributed by atoms with Gasteiger partial charge in [0.15, 0.2) is 5.96 Å². The Balaban J connectivity index is 0.00000264. The second kappa shape index (κ2) is 10.8. The zero-order valence-electron chi connectivity index (χ0n) is 14.5. The first-order valence-electron chi connectivity index (χ1n) is 8.08. The summed E-state index contributed by atoms with van der Waals surface area (Å²) in [4.78, 5) is 11.4. The minimum absolute atomic E-state index is 0. The van der Waals surface area contributed by atoms with Crippen LogP contribution in [0, 0.1) is 12.8 Å². The average Bonchev–Trinajstić information content (AvgIpc) is 2.93. The Labute approximate surface area is 166 Å². The lowest BCUT2D eigenvalue weighted by Gasteiger charge is -2.36. The van der Waals surface area contributed by atoms with Crippen molar-refractivity contribution in [2.24, 2.45) is 10.9 Å². The van der Waals surface area contributed by atoms with Crippen molar-refractivity contribution >= 4 is 53.0 Å². The second-order valence-electron chi connectivity index (χ2n) is 6.06. The number of hydrogen-bond donors (Lipinski definition) is 1. The van der Waals surface area contributed by atoms with Crippen molar-refractivity contribution in [3.8, 4) is 0 Å². The van der Waals surface area contributed by atoms with Crippen molar-refractivity contribution in [2.45, 2.75) is 38.9 Å². The van der Waals surface area contributed by atoms with Crippen LogP contribution >= 0.6 is 47.1 Å². The van der Waals surface area contributed by atoms with Gasteiger partial charge in [0, 0.05) is 55.2 Å². The molecule has 1 aliphatic rings. The van der Waals surface area contributed by atoms with Gasteiger partial charge in [-0.05, 0) is 19.3 Å². The highest BCUT2D eigenvalue weighted by Crippen LogP contribution is 2.24. The van der Waals surface area contributed by atoms with E-state index in [1.807, 2.05) is 7.05 Å². The lowest BCUT2D eigenvalue weighted by molar-refractivity contribution is 0.380. The summed E-state index contributed by atoms with van der Waals surface area (Å²) in [6, 6.07) is 0. The van der Waals surface area contributed by atoms with E-state index in [1.54, 1.807) is 11.3 Å². The third-order valence-corrected chi connectivity index (χ3v) is 6.43. The first kappa shape index (κ1) is 21.0. The first-order valence-corrected chi connectivity index (χ1v) is 10.0. The molecular formula is C16H29IN4S2. The Morgan fingerprint density at radius 3 is 2.91 bits per heavy atom. The second-order valence-corrected chi connectivity index (χ2v) is 8.35. The number of aliphatic imine (C=N–C) groups is 1. The molecule has 1 aromatic rings. The maximum Gasteiger partial charge on any atom is 0.193 e. The third-order valence-electron chi connectivity index (χ3n) is 3.87. The molecule has 132 valence electrons. The molecule has 23 heavy (non-hydrogen) atoms. The molecule has 1 unspecified atom stereocenters. The largest absolute Gasteiger partial charge is 0.356 e. The number of nitrogens with zero attached hydrogens (tertiary/aromatic N) is 3. The Hall–Kier alpha value is -0.0200. The third kappa shape index (κ3) is 6.78. The minimum atomic E-state index is 0. The van der Waals surface area contributed by atoms with Gasteiger partial charge in [-0.15, -0.1) is 35.3 Å². The van der Waals surface area contributed by atoms with Crippen molar-refractivity contribution in [1.82, 2.24) is 15.2 Å². The SMILES string of the molecule is CN=C(NCCCc1nc(C)cs1)N1CCSC(C(C)C)C1.I. The number of guanidine groups is 1. The predicted molar refractivity (Wildman–Crippen MR) is 115 cm³/mol. The molecule has 0 spiro atoms. The minimum Gasteiger partial charge on any atom is -0.356 e. The lowest BCUT2D eigenvalue weighted by Crippen LogP contribution is -2.49. The average molecular weight is 468 g/mol. The van der Waals surface area contributed by atoms with Crippen molar-refractivity contribution in [3.63, 3.8) is 0 Å². The van der Waals surface area contributed by atoms with Gasteiger partial charge in [-0.1, -0.05) is 13.8 Å². The summed E-state index contributed by atoms with van der Waals surface area (Å²) in [6.07, 6.45) is 2.15. The number of halogens is 1. The van der Waals surface area contributed by atoms with E-state index < -0.39 is 0 Å². The van der Waals surface area contributed by atoms with Gasteiger partial charge in [0.25, 0.3) is 0 Å². The molecule has 1 saturated heterocycles. The van der Waals surface area contributed by atoms with Crippen LogP contribution in [0.15, 0.2) is 10.4 Å². The normalized spacial score (nSPS) is 18.9. The maximum atomic E-state index is 4.51. The van der Waals surface area contributed by atoms with Gasteiger partial charge in [-0.2, -0.15) is 11.8 Å². The van der Waals surface area contributed by atoms with Gasteiger partial charge >= 0.3 is 0 Å². The van der Waals surface area contributed by atoms with E-state index in [9.17, 15) is 0 Å². The molecule has 0 bridgehead atoms. The van der Waals surface area contributed by atoms with Crippen molar-refractivity contribution in [1.29, 1.82) is 0 Å². The van der Waals surface area contributed by atoms with Gasteiger partial charge in [0.05, 0.1) is 5.01 Å². The molecule has 1 aliphatic heterocycles. The monoisotopic (exact) mass is 468 g/mol. The van der Waals surface area contributed by atoms with E-state index >= 15 is 0 Å². The van der Waals surface area contributed by atoms with Crippen molar-refractivity contribution < 1.29 is 0 Å². The molecule has 2 rings (SSSR count). The molecule has 1 N–H and O–H groups in total. The number of aryl methyl sites for hydroxylation is 2. The van der Waals surface area contributed by atoms with E-state index in [2.05, 4.69) is 58.1 Å². The molecular weight excluding hydrogens is 439 g/mol. The lowest BCUT2D eigenvalue weighted by atomic mass is 10.1. The van der Waals surface area contributed by atoms with Crippen LogP contribution < -0.4 is 5.32 Å². The van der Waals surface area contributed by atoms with Crippen LogP contribution in [-0.2, 0) is 6.42 Å². The fraction of sp³-hybridized carbons (Fsp3) is 0.750. The van der Waals surface area contributed by atoms with Crippen molar-refractivity contribution in [2.75, 3.05) is 32.4 Å². The quantitative estimate of drug-likeness (QED) is 0.310. The highest BCUT2D eigenvalue weighted by molar-refractivity contribution is 14.0. The van der Waals surface area contributed by atoms with E-state index in [0.29, 0.717) is 5.25 Å². The van der Waals surface area contributed by atoms with Gasteiger partial charge in [0.1, 0.15) is 0 Å². The highest BCUT2D eigenvalue weighted by atomic mass is 127. The topological polar surface area (TPSA) is 40.5 Å². The summed E-state index contributed by atoms with van der Waals surface area (Å²) in [6.45, 7) is 9.84. The van der Waals surface area contributed by atoms with Gasteiger partial charge in [0.2, 0.25) is 0 Å². The summed E-state index contributed by atoms with van der Waals surface area (Å²) in [5.41, 5.74) is 1.13. The summed E-state index contributed by atoms with van der Waals surface area (Å²) < 4.78 is 0. The maximum absolute atomic E-state index is 4.51. The Kier molecular flexibility index (Phi) is 9.84. The Morgan fingerprint density at radius 2 is 2.30 bits per heavy atom. The van der Waals surface area contributed by atoms with Gasteiger partial charge in [-0.25, -0.2) is 4.98 Å². The molecule has 0 aromatic carbocycles. The zero-order chi connectivity index (χ0) is 15.9. The Morgan fingerprint density at radius 1 is 1.52 bits per heavy atom. The van der Waals surface area contributed by atoms with Gasteiger partial charge < -0.3 is 10.2 Å². The van der Waals surface area contributed by atoms with Crippen LogP contribution in [0.3, 0.4) is 0 Å². The van der Waals surface area contributed by atoms with Crippen LogP contribution in [0.4, 0.5) is 0 Å². The van der Waals surface area contributed by atoms with Gasteiger partial charge in [-0.3, -0.25) is 4.99 Å². The van der Waals surface area contributed by atoms with Crippen LogP contribution in [0.1, 0.15) is 31.0 Å². The van der Waals surface area contributed by atoms with E-state index in [-0.39, 0.29) is 24.0 Å². The predicted octanol–water partition coefficient (Wildman–Crippen LogP) is 3.65. The standard InChI is InChI=1S/C16H28N4S2.HI/c1-12(2)14-10-20(8-9-21-14)16(17-4)18-7-5-6-15-19-13(3)11-22-15;/h11-12,14H,5-10H2,1-4H3,(H,17,18);1H.